The topological polar surface area (TPSA) is 103 Å². The number of amides is 2. The zero-order chi connectivity index (χ0) is 21.6. The number of nitrogens with zero attached hydrogens (tertiary/aromatic N) is 2. The van der Waals surface area contributed by atoms with E-state index in [1.165, 1.54) is 17.0 Å². The molecule has 1 aliphatic heterocycles. The summed E-state index contributed by atoms with van der Waals surface area (Å²) in [7, 11) is 0. The molecule has 0 saturated carbocycles. The van der Waals surface area contributed by atoms with Crippen LogP contribution in [0.1, 0.15) is 37.3 Å². The molecule has 0 radical (unpaired) electrons. The van der Waals surface area contributed by atoms with Gasteiger partial charge in [0.05, 0.1) is 17.6 Å². The standard InChI is InChI=1S/C19H22F3N3O4/c1-2-15(26)18(28)25-7-3-4-14(11-25)17(27)24-10-13-6-5-12(9-23)8-16(13)29-19(20,21)22/h5-6,8,14-15,26H,2-4,7,10-11H2,1H3,(H,24,27)/t14-,15?/m1/s1. The number of hydrogen-bond acceptors (Lipinski definition) is 5. The van der Waals surface area contributed by atoms with Gasteiger partial charge in [-0.1, -0.05) is 13.0 Å². The Labute approximate surface area is 166 Å². The second-order valence-corrected chi connectivity index (χ2v) is 6.75. The van der Waals surface area contributed by atoms with Crippen LogP contribution >= 0.6 is 0 Å². The number of halogens is 3. The normalized spacial score (nSPS) is 17.9. The summed E-state index contributed by atoms with van der Waals surface area (Å²) in [6.45, 7) is 2.03. The molecule has 0 aliphatic carbocycles. The third kappa shape index (κ3) is 6.35. The number of alkyl halides is 3. The highest BCUT2D eigenvalue weighted by Crippen LogP contribution is 2.28. The highest BCUT2D eigenvalue weighted by molar-refractivity contribution is 5.83. The molecule has 29 heavy (non-hydrogen) atoms. The van der Waals surface area contributed by atoms with Crippen molar-refractivity contribution in [2.75, 3.05) is 13.1 Å². The van der Waals surface area contributed by atoms with Gasteiger partial charge in [-0.2, -0.15) is 5.26 Å². The molecule has 1 unspecified atom stereocenters. The molecule has 1 aromatic rings. The number of likely N-dealkylation sites (tertiary alicyclic amines) is 1. The van der Waals surface area contributed by atoms with Crippen LogP contribution in [0.3, 0.4) is 0 Å². The molecular formula is C19H22F3N3O4. The van der Waals surface area contributed by atoms with Crippen molar-refractivity contribution in [1.82, 2.24) is 10.2 Å². The van der Waals surface area contributed by atoms with Gasteiger partial charge in [0.2, 0.25) is 5.91 Å². The minimum Gasteiger partial charge on any atom is -0.405 e. The van der Waals surface area contributed by atoms with Crippen molar-refractivity contribution < 1.29 is 32.6 Å². The molecule has 1 fully saturated rings. The molecule has 0 bridgehead atoms. The van der Waals surface area contributed by atoms with Crippen LogP contribution in [0, 0.1) is 17.2 Å². The third-order valence-corrected chi connectivity index (χ3v) is 4.65. The van der Waals surface area contributed by atoms with Crippen molar-refractivity contribution in [3.63, 3.8) is 0 Å². The van der Waals surface area contributed by atoms with Crippen LogP contribution in [0.15, 0.2) is 18.2 Å². The first kappa shape index (κ1) is 22.5. The highest BCUT2D eigenvalue weighted by atomic mass is 19.4. The molecule has 2 N–H and O–H groups in total. The molecule has 158 valence electrons. The molecule has 7 nitrogen and oxygen atoms in total. The number of hydrogen-bond donors (Lipinski definition) is 2. The van der Waals surface area contributed by atoms with E-state index in [2.05, 4.69) is 10.1 Å². The maximum Gasteiger partial charge on any atom is 0.573 e. The molecule has 1 aromatic carbocycles. The van der Waals surface area contributed by atoms with E-state index in [9.17, 15) is 27.9 Å². The summed E-state index contributed by atoms with van der Waals surface area (Å²) in [6, 6.07) is 5.31. The maximum absolute atomic E-state index is 12.6. The van der Waals surface area contributed by atoms with Crippen molar-refractivity contribution in [3.8, 4) is 11.8 Å². The Morgan fingerprint density at radius 3 is 2.79 bits per heavy atom. The van der Waals surface area contributed by atoms with Crippen LogP contribution < -0.4 is 10.1 Å². The number of ether oxygens (including phenoxy) is 1. The number of aliphatic hydroxyl groups is 1. The summed E-state index contributed by atoms with van der Waals surface area (Å²) in [4.78, 5) is 26.0. The lowest BCUT2D eigenvalue weighted by atomic mass is 9.96. The Kier molecular flexibility index (Phi) is 7.45. The molecule has 2 amide bonds. The fourth-order valence-electron chi connectivity index (χ4n) is 3.09. The van der Waals surface area contributed by atoms with E-state index in [0.29, 0.717) is 19.4 Å². The smallest absolute Gasteiger partial charge is 0.405 e. The zero-order valence-electron chi connectivity index (χ0n) is 15.8. The van der Waals surface area contributed by atoms with Gasteiger partial charge in [0, 0.05) is 25.2 Å². The molecule has 10 heteroatoms. The van der Waals surface area contributed by atoms with Gasteiger partial charge < -0.3 is 20.1 Å². The van der Waals surface area contributed by atoms with Crippen LogP contribution in [0.2, 0.25) is 0 Å². The second-order valence-electron chi connectivity index (χ2n) is 6.75. The number of benzene rings is 1. The summed E-state index contributed by atoms with van der Waals surface area (Å²) in [6.07, 6.45) is -4.67. The summed E-state index contributed by atoms with van der Waals surface area (Å²) < 4.78 is 41.8. The Hall–Kier alpha value is -2.80. The number of piperidine rings is 1. The van der Waals surface area contributed by atoms with Crippen molar-refractivity contribution in [2.24, 2.45) is 5.92 Å². The number of rotatable bonds is 6. The second kappa shape index (κ2) is 9.60. The molecule has 2 atom stereocenters. The first-order valence-electron chi connectivity index (χ1n) is 9.18. The van der Waals surface area contributed by atoms with Gasteiger partial charge in [0.25, 0.3) is 5.91 Å². The number of carbonyl (C=O) groups is 2. The molecule has 1 heterocycles. The van der Waals surface area contributed by atoms with Crippen molar-refractivity contribution in [2.45, 2.75) is 45.2 Å². The lowest BCUT2D eigenvalue weighted by molar-refractivity contribution is -0.274. The number of carbonyl (C=O) groups excluding carboxylic acids is 2. The Morgan fingerprint density at radius 2 is 2.17 bits per heavy atom. The van der Waals surface area contributed by atoms with E-state index in [-0.39, 0.29) is 30.6 Å². The van der Waals surface area contributed by atoms with Crippen LogP contribution in [0.4, 0.5) is 13.2 Å². The molecule has 1 saturated heterocycles. The molecule has 1 aliphatic rings. The van der Waals surface area contributed by atoms with Gasteiger partial charge >= 0.3 is 6.36 Å². The SMILES string of the molecule is CCC(O)C(=O)N1CCC[C@@H](C(=O)NCc2ccc(C#N)cc2OC(F)(F)F)C1. The van der Waals surface area contributed by atoms with E-state index in [1.807, 2.05) is 0 Å². The maximum atomic E-state index is 12.6. The lowest BCUT2D eigenvalue weighted by Crippen LogP contribution is -2.48. The van der Waals surface area contributed by atoms with Crippen molar-refractivity contribution >= 4 is 11.8 Å². The Bertz CT molecular complexity index is 792. The van der Waals surface area contributed by atoms with Gasteiger partial charge in [-0.15, -0.1) is 13.2 Å². The highest BCUT2D eigenvalue weighted by Gasteiger charge is 2.33. The van der Waals surface area contributed by atoms with E-state index in [4.69, 9.17) is 5.26 Å². The van der Waals surface area contributed by atoms with Crippen molar-refractivity contribution in [1.29, 1.82) is 5.26 Å². The summed E-state index contributed by atoms with van der Waals surface area (Å²) in [5.74, 6) is -1.92. The first-order chi connectivity index (χ1) is 13.6. The van der Waals surface area contributed by atoms with E-state index in [0.717, 1.165) is 6.07 Å². The molecule has 0 spiro atoms. The Morgan fingerprint density at radius 1 is 1.45 bits per heavy atom. The lowest BCUT2D eigenvalue weighted by Gasteiger charge is -2.33. The van der Waals surface area contributed by atoms with E-state index < -0.39 is 35.9 Å². The fourth-order valence-corrected chi connectivity index (χ4v) is 3.09. The van der Waals surface area contributed by atoms with Crippen LogP contribution in [-0.2, 0) is 16.1 Å². The average Bonchev–Trinajstić information content (AvgIpc) is 2.70. The van der Waals surface area contributed by atoms with Gasteiger partial charge in [-0.05, 0) is 31.4 Å². The summed E-state index contributed by atoms with van der Waals surface area (Å²) in [5.41, 5.74) is 0.0649. The molecular weight excluding hydrogens is 391 g/mol. The van der Waals surface area contributed by atoms with Gasteiger partial charge in [-0.25, -0.2) is 0 Å². The fraction of sp³-hybridized carbons (Fsp3) is 0.526. The zero-order valence-corrected chi connectivity index (χ0v) is 15.8. The Balaban J connectivity index is 2.03. The third-order valence-electron chi connectivity index (χ3n) is 4.65. The molecule has 0 aromatic heterocycles. The number of aliphatic hydroxyl groups excluding tert-OH is 1. The van der Waals surface area contributed by atoms with E-state index >= 15 is 0 Å². The largest absolute Gasteiger partial charge is 0.573 e. The average molecular weight is 413 g/mol. The molecule has 2 rings (SSSR count). The van der Waals surface area contributed by atoms with Crippen LogP contribution in [0.5, 0.6) is 5.75 Å². The predicted molar refractivity (Wildman–Crippen MR) is 95.3 cm³/mol. The summed E-state index contributed by atoms with van der Waals surface area (Å²) in [5, 5.41) is 21.1. The minimum absolute atomic E-state index is 0.00440. The van der Waals surface area contributed by atoms with E-state index in [1.54, 1.807) is 13.0 Å². The van der Waals surface area contributed by atoms with Gasteiger partial charge in [-0.3, -0.25) is 9.59 Å². The van der Waals surface area contributed by atoms with Crippen LogP contribution in [0.25, 0.3) is 0 Å². The van der Waals surface area contributed by atoms with Crippen molar-refractivity contribution in [3.05, 3.63) is 29.3 Å². The number of nitrogens with one attached hydrogen (secondary N) is 1. The van der Waals surface area contributed by atoms with Gasteiger partial charge in [0.15, 0.2) is 0 Å². The predicted octanol–water partition coefficient (Wildman–Crippen LogP) is 2.08. The monoisotopic (exact) mass is 413 g/mol. The quantitative estimate of drug-likeness (QED) is 0.744. The first-order valence-corrected chi connectivity index (χ1v) is 9.18. The van der Waals surface area contributed by atoms with Gasteiger partial charge in [0.1, 0.15) is 11.9 Å². The number of nitriles is 1. The minimum atomic E-state index is -4.93. The van der Waals surface area contributed by atoms with Crippen LogP contribution in [-0.4, -0.2) is 47.4 Å². The summed E-state index contributed by atoms with van der Waals surface area (Å²) >= 11 is 0.